The Morgan fingerprint density at radius 1 is 1.32 bits per heavy atom. The number of aromatic nitrogens is 1. The SMILES string of the molecule is CC(C)Oc1ccc2c(ccn2C2CCC(=O)C2)c1. The Kier molecular flexibility index (Phi) is 3.05. The third-order valence-corrected chi connectivity index (χ3v) is 3.68. The lowest BCUT2D eigenvalue weighted by Gasteiger charge is -2.13. The summed E-state index contributed by atoms with van der Waals surface area (Å²) in [6.07, 6.45) is 4.64. The van der Waals surface area contributed by atoms with E-state index in [1.807, 2.05) is 19.9 Å². The Morgan fingerprint density at radius 2 is 2.16 bits per heavy atom. The minimum atomic E-state index is 0.187. The molecule has 0 spiro atoms. The van der Waals surface area contributed by atoms with E-state index in [9.17, 15) is 4.79 Å². The van der Waals surface area contributed by atoms with Crippen LogP contribution in [0, 0.1) is 0 Å². The van der Waals surface area contributed by atoms with Crippen LogP contribution in [0.4, 0.5) is 0 Å². The second kappa shape index (κ2) is 4.72. The first kappa shape index (κ1) is 12.3. The molecule has 3 rings (SSSR count). The van der Waals surface area contributed by atoms with Gasteiger partial charge in [0.25, 0.3) is 0 Å². The van der Waals surface area contributed by atoms with Crippen molar-refractivity contribution in [1.82, 2.24) is 4.57 Å². The highest BCUT2D eigenvalue weighted by atomic mass is 16.5. The summed E-state index contributed by atoms with van der Waals surface area (Å²) in [5.41, 5.74) is 1.19. The average molecular weight is 257 g/mol. The van der Waals surface area contributed by atoms with Crippen LogP contribution in [0.25, 0.3) is 10.9 Å². The molecule has 0 amide bonds. The van der Waals surface area contributed by atoms with Crippen molar-refractivity contribution in [3.63, 3.8) is 0 Å². The van der Waals surface area contributed by atoms with Crippen LogP contribution >= 0.6 is 0 Å². The van der Waals surface area contributed by atoms with Gasteiger partial charge in [0.15, 0.2) is 0 Å². The second-order valence-corrected chi connectivity index (χ2v) is 5.55. The van der Waals surface area contributed by atoms with Crippen molar-refractivity contribution in [1.29, 1.82) is 0 Å². The molecule has 100 valence electrons. The van der Waals surface area contributed by atoms with Gasteiger partial charge in [0.2, 0.25) is 0 Å². The summed E-state index contributed by atoms with van der Waals surface area (Å²) < 4.78 is 7.95. The Hall–Kier alpha value is -1.77. The minimum Gasteiger partial charge on any atom is -0.491 e. The maximum Gasteiger partial charge on any atom is 0.135 e. The number of ketones is 1. The van der Waals surface area contributed by atoms with Gasteiger partial charge in [0, 0.05) is 36.0 Å². The lowest BCUT2D eigenvalue weighted by molar-refractivity contribution is -0.117. The number of carbonyl (C=O) groups excluding carboxylic acids is 1. The van der Waals surface area contributed by atoms with Crippen LogP contribution in [0.1, 0.15) is 39.2 Å². The summed E-state index contributed by atoms with van der Waals surface area (Å²) in [6.45, 7) is 4.05. The van der Waals surface area contributed by atoms with E-state index in [-0.39, 0.29) is 6.10 Å². The Bertz CT molecular complexity index is 612. The largest absolute Gasteiger partial charge is 0.491 e. The van der Waals surface area contributed by atoms with Crippen LogP contribution in [-0.2, 0) is 4.79 Å². The first-order valence-corrected chi connectivity index (χ1v) is 6.92. The maximum atomic E-state index is 11.4. The topological polar surface area (TPSA) is 31.2 Å². The number of nitrogens with zero attached hydrogens (tertiary/aromatic N) is 1. The predicted octanol–water partition coefficient (Wildman–Crippen LogP) is 3.72. The van der Waals surface area contributed by atoms with Crippen molar-refractivity contribution < 1.29 is 9.53 Å². The summed E-state index contributed by atoms with van der Waals surface area (Å²) in [6, 6.07) is 8.61. The molecule has 1 saturated carbocycles. The van der Waals surface area contributed by atoms with Crippen LogP contribution in [-0.4, -0.2) is 16.5 Å². The zero-order chi connectivity index (χ0) is 13.4. The van der Waals surface area contributed by atoms with E-state index in [0.29, 0.717) is 18.2 Å². The molecular formula is C16H19NO2. The highest BCUT2D eigenvalue weighted by Crippen LogP contribution is 2.32. The number of Topliss-reactive ketones (excluding diaryl/α,β-unsaturated/α-hetero) is 1. The van der Waals surface area contributed by atoms with Crippen molar-refractivity contribution in [2.45, 2.75) is 45.3 Å². The van der Waals surface area contributed by atoms with Crippen molar-refractivity contribution in [3.8, 4) is 5.75 Å². The quantitative estimate of drug-likeness (QED) is 0.839. The summed E-state index contributed by atoms with van der Waals surface area (Å²) in [5, 5.41) is 1.18. The Balaban J connectivity index is 1.93. The fraction of sp³-hybridized carbons (Fsp3) is 0.438. The van der Waals surface area contributed by atoms with Gasteiger partial charge in [-0.3, -0.25) is 4.79 Å². The standard InChI is InChI=1S/C16H19NO2/c1-11(2)19-15-5-6-16-12(9-15)7-8-17(16)13-3-4-14(18)10-13/h5-9,11,13H,3-4,10H2,1-2H3. The van der Waals surface area contributed by atoms with Crippen molar-refractivity contribution in [2.24, 2.45) is 0 Å². The zero-order valence-electron chi connectivity index (χ0n) is 11.4. The zero-order valence-corrected chi connectivity index (χ0v) is 11.4. The highest BCUT2D eigenvalue weighted by Gasteiger charge is 2.24. The summed E-state index contributed by atoms with van der Waals surface area (Å²) in [5.74, 6) is 1.29. The number of ether oxygens (including phenoxy) is 1. The van der Waals surface area contributed by atoms with Crippen molar-refractivity contribution in [2.75, 3.05) is 0 Å². The lowest BCUT2D eigenvalue weighted by Crippen LogP contribution is -2.06. The van der Waals surface area contributed by atoms with E-state index < -0.39 is 0 Å². The number of fused-ring (bicyclic) bond motifs is 1. The van der Waals surface area contributed by atoms with Gasteiger partial charge < -0.3 is 9.30 Å². The van der Waals surface area contributed by atoms with E-state index in [1.165, 1.54) is 10.9 Å². The molecule has 1 heterocycles. The average Bonchev–Trinajstić information content (AvgIpc) is 2.93. The molecular weight excluding hydrogens is 238 g/mol. The Morgan fingerprint density at radius 3 is 2.84 bits per heavy atom. The van der Waals surface area contributed by atoms with E-state index >= 15 is 0 Å². The maximum absolute atomic E-state index is 11.4. The van der Waals surface area contributed by atoms with E-state index in [4.69, 9.17) is 4.74 Å². The summed E-state index contributed by atoms with van der Waals surface area (Å²) >= 11 is 0. The van der Waals surface area contributed by atoms with Crippen molar-refractivity contribution >= 4 is 16.7 Å². The molecule has 0 bridgehead atoms. The molecule has 0 saturated heterocycles. The van der Waals surface area contributed by atoms with E-state index in [0.717, 1.165) is 18.6 Å². The van der Waals surface area contributed by atoms with Crippen LogP contribution in [0.3, 0.4) is 0 Å². The molecule has 1 unspecified atom stereocenters. The summed E-state index contributed by atoms with van der Waals surface area (Å²) in [7, 11) is 0. The van der Waals surface area contributed by atoms with Gasteiger partial charge in [-0.1, -0.05) is 0 Å². The molecule has 0 N–H and O–H groups in total. The fourth-order valence-corrected chi connectivity index (χ4v) is 2.84. The van der Waals surface area contributed by atoms with E-state index in [1.54, 1.807) is 0 Å². The molecule has 1 aromatic heterocycles. The fourth-order valence-electron chi connectivity index (χ4n) is 2.84. The van der Waals surface area contributed by atoms with Crippen molar-refractivity contribution in [3.05, 3.63) is 30.5 Å². The molecule has 1 aliphatic rings. The van der Waals surface area contributed by atoms with Gasteiger partial charge in [-0.15, -0.1) is 0 Å². The van der Waals surface area contributed by atoms with Gasteiger partial charge in [-0.2, -0.15) is 0 Å². The van der Waals surface area contributed by atoms with Gasteiger partial charge >= 0.3 is 0 Å². The number of benzene rings is 1. The number of rotatable bonds is 3. The first-order valence-electron chi connectivity index (χ1n) is 6.92. The smallest absolute Gasteiger partial charge is 0.135 e. The molecule has 2 aromatic rings. The van der Waals surface area contributed by atoms with Gasteiger partial charge in [-0.05, 0) is 44.5 Å². The predicted molar refractivity (Wildman–Crippen MR) is 75.6 cm³/mol. The van der Waals surface area contributed by atoms with Crippen LogP contribution < -0.4 is 4.74 Å². The monoisotopic (exact) mass is 257 g/mol. The van der Waals surface area contributed by atoms with Gasteiger partial charge in [0.1, 0.15) is 11.5 Å². The Labute approximate surface area is 113 Å². The second-order valence-electron chi connectivity index (χ2n) is 5.55. The molecule has 19 heavy (non-hydrogen) atoms. The molecule has 3 nitrogen and oxygen atoms in total. The molecule has 0 aliphatic heterocycles. The highest BCUT2D eigenvalue weighted by molar-refractivity contribution is 5.84. The lowest BCUT2D eigenvalue weighted by atomic mass is 10.2. The minimum absolute atomic E-state index is 0.187. The number of hydrogen-bond donors (Lipinski definition) is 0. The normalized spacial score (nSPS) is 19.5. The molecule has 1 aliphatic carbocycles. The molecule has 0 radical (unpaired) electrons. The third kappa shape index (κ3) is 2.37. The van der Waals surface area contributed by atoms with Gasteiger partial charge in [0.05, 0.1) is 6.10 Å². The molecule has 1 atom stereocenters. The third-order valence-electron chi connectivity index (χ3n) is 3.68. The van der Waals surface area contributed by atoms with Gasteiger partial charge in [-0.25, -0.2) is 0 Å². The molecule has 1 fully saturated rings. The number of carbonyl (C=O) groups is 1. The van der Waals surface area contributed by atoms with Crippen LogP contribution in [0.15, 0.2) is 30.5 Å². The van der Waals surface area contributed by atoms with E-state index in [2.05, 4.69) is 29.0 Å². The molecule has 1 aromatic carbocycles. The van der Waals surface area contributed by atoms with Crippen LogP contribution in [0.2, 0.25) is 0 Å². The number of hydrogen-bond acceptors (Lipinski definition) is 2. The first-order chi connectivity index (χ1) is 9.13. The molecule has 3 heteroatoms. The van der Waals surface area contributed by atoms with Crippen LogP contribution in [0.5, 0.6) is 5.75 Å². The summed E-state index contributed by atoms with van der Waals surface area (Å²) in [4.78, 5) is 11.4.